The summed E-state index contributed by atoms with van der Waals surface area (Å²) >= 11 is 0.218. The van der Waals surface area contributed by atoms with Gasteiger partial charge >= 0.3 is 113 Å². The van der Waals surface area contributed by atoms with Crippen molar-refractivity contribution in [1.82, 2.24) is 0 Å². The van der Waals surface area contributed by atoms with Crippen LogP contribution in [0.15, 0.2) is 47.4 Å². The molecule has 0 radical (unpaired) electrons. The molecule has 0 saturated carbocycles. The third kappa shape index (κ3) is 3.22. The summed E-state index contributed by atoms with van der Waals surface area (Å²) in [6.45, 7) is 0. The number of carbonyl (C=O) groups excluding carboxylic acids is 1. The van der Waals surface area contributed by atoms with Crippen molar-refractivity contribution in [1.29, 1.82) is 0 Å². The number of carbonyl (C=O) groups is 1. The molecule has 0 amide bonds. The Labute approximate surface area is 113 Å². The molecular formula is C15H15NOSe. The van der Waals surface area contributed by atoms with Crippen molar-refractivity contribution < 1.29 is 4.79 Å². The van der Waals surface area contributed by atoms with E-state index in [2.05, 4.69) is 9.84 Å². The van der Waals surface area contributed by atoms with Crippen LogP contribution in [0.3, 0.4) is 0 Å². The number of hydrogen-bond donors (Lipinski definition) is 0. The normalized spacial score (nSPS) is 10.8. The van der Waals surface area contributed by atoms with Gasteiger partial charge in [0, 0.05) is 0 Å². The number of rotatable bonds is 4. The van der Waals surface area contributed by atoms with Crippen LogP contribution < -0.4 is 4.90 Å². The van der Waals surface area contributed by atoms with E-state index >= 15 is 0 Å². The molecule has 0 saturated heterocycles. The van der Waals surface area contributed by atoms with E-state index in [-0.39, 0.29) is 20.3 Å². The van der Waals surface area contributed by atoms with Crippen molar-refractivity contribution in [2.75, 3.05) is 19.0 Å². The summed E-state index contributed by atoms with van der Waals surface area (Å²) in [5.74, 6) is 0.122. The van der Waals surface area contributed by atoms with Crippen LogP contribution in [0, 0.1) is 0 Å². The standard InChI is InChI=1S/C15H15NOSe/c1-16(2)13-8-5-12(6-9-13)7-10-14(17)15-4-3-11-18-15/h3-11H,1-2H3/b10-7+. The predicted octanol–water partition coefficient (Wildman–Crippen LogP) is 2.71. The van der Waals surface area contributed by atoms with Gasteiger partial charge in [-0.3, -0.25) is 0 Å². The van der Waals surface area contributed by atoms with Crippen LogP contribution in [0.2, 0.25) is 0 Å². The van der Waals surface area contributed by atoms with E-state index in [1.54, 1.807) is 6.08 Å². The van der Waals surface area contributed by atoms with Gasteiger partial charge in [0.2, 0.25) is 0 Å². The molecule has 1 heterocycles. The topological polar surface area (TPSA) is 20.3 Å². The predicted molar refractivity (Wildman–Crippen MR) is 77.5 cm³/mol. The Morgan fingerprint density at radius 3 is 2.44 bits per heavy atom. The molecule has 2 rings (SSSR count). The van der Waals surface area contributed by atoms with Gasteiger partial charge in [-0.1, -0.05) is 0 Å². The molecule has 92 valence electrons. The SMILES string of the molecule is CN(C)c1ccc(/C=C/C(=O)c2ccc[se]2)cc1. The molecule has 1 aromatic heterocycles. The van der Waals surface area contributed by atoms with Gasteiger partial charge in [0.15, 0.2) is 0 Å². The van der Waals surface area contributed by atoms with E-state index in [1.807, 2.05) is 56.6 Å². The van der Waals surface area contributed by atoms with Crippen LogP contribution in [0.1, 0.15) is 14.8 Å². The summed E-state index contributed by atoms with van der Waals surface area (Å²) in [6, 6.07) is 12.0. The Balaban J connectivity index is 2.07. The second kappa shape index (κ2) is 5.85. The average Bonchev–Trinajstić information content (AvgIpc) is 2.90. The third-order valence-corrected chi connectivity index (χ3v) is 4.46. The van der Waals surface area contributed by atoms with Crippen LogP contribution in [-0.4, -0.2) is 34.4 Å². The number of benzene rings is 1. The fraction of sp³-hybridized carbons (Fsp3) is 0.133. The molecule has 0 atom stereocenters. The van der Waals surface area contributed by atoms with Gasteiger partial charge in [-0.2, -0.15) is 0 Å². The van der Waals surface area contributed by atoms with Crippen LogP contribution in [0.25, 0.3) is 6.08 Å². The van der Waals surface area contributed by atoms with Gasteiger partial charge in [0.05, 0.1) is 0 Å². The number of nitrogens with zero attached hydrogens (tertiary/aromatic N) is 1. The van der Waals surface area contributed by atoms with Crippen molar-refractivity contribution in [2.45, 2.75) is 0 Å². The summed E-state index contributed by atoms with van der Waals surface area (Å²) in [7, 11) is 4.02. The van der Waals surface area contributed by atoms with E-state index < -0.39 is 0 Å². The summed E-state index contributed by atoms with van der Waals surface area (Å²) in [4.78, 5) is 15.9. The second-order valence-electron chi connectivity index (χ2n) is 4.16. The Morgan fingerprint density at radius 2 is 1.89 bits per heavy atom. The first-order valence-corrected chi connectivity index (χ1v) is 7.54. The molecule has 0 bridgehead atoms. The Morgan fingerprint density at radius 1 is 1.17 bits per heavy atom. The minimum absolute atomic E-state index is 0.122. The molecule has 0 aliphatic carbocycles. The van der Waals surface area contributed by atoms with Gasteiger partial charge < -0.3 is 0 Å². The van der Waals surface area contributed by atoms with E-state index in [1.165, 1.54) is 0 Å². The van der Waals surface area contributed by atoms with Crippen molar-refractivity contribution in [2.24, 2.45) is 0 Å². The number of ketones is 1. The molecule has 1 aromatic carbocycles. The van der Waals surface area contributed by atoms with E-state index in [0.29, 0.717) is 0 Å². The summed E-state index contributed by atoms with van der Waals surface area (Å²) in [5.41, 5.74) is 2.21. The van der Waals surface area contributed by atoms with Gasteiger partial charge in [-0.15, -0.1) is 0 Å². The average molecular weight is 304 g/mol. The number of allylic oxidation sites excluding steroid dienone is 1. The summed E-state index contributed by atoms with van der Waals surface area (Å²) in [6.07, 6.45) is 3.53. The number of hydrogen-bond acceptors (Lipinski definition) is 2. The molecule has 0 fully saturated rings. The molecule has 2 aromatic rings. The van der Waals surface area contributed by atoms with Crippen molar-refractivity contribution in [3.63, 3.8) is 0 Å². The Hall–Kier alpha value is -1.57. The van der Waals surface area contributed by atoms with Crippen LogP contribution in [0.5, 0.6) is 0 Å². The first-order valence-electron chi connectivity index (χ1n) is 5.70. The summed E-state index contributed by atoms with van der Waals surface area (Å²) in [5, 5.41) is 0. The molecule has 2 nitrogen and oxygen atoms in total. The fourth-order valence-corrected chi connectivity index (χ4v) is 2.91. The van der Waals surface area contributed by atoms with Gasteiger partial charge in [-0.25, -0.2) is 0 Å². The zero-order valence-electron chi connectivity index (χ0n) is 10.5. The molecular weight excluding hydrogens is 289 g/mol. The van der Waals surface area contributed by atoms with Crippen LogP contribution in [0.4, 0.5) is 5.69 Å². The van der Waals surface area contributed by atoms with Crippen molar-refractivity contribution in [3.8, 4) is 0 Å². The molecule has 0 spiro atoms. The van der Waals surface area contributed by atoms with Crippen LogP contribution >= 0.6 is 0 Å². The monoisotopic (exact) mass is 305 g/mol. The quantitative estimate of drug-likeness (QED) is 0.492. The van der Waals surface area contributed by atoms with Crippen LogP contribution in [-0.2, 0) is 0 Å². The summed E-state index contributed by atoms with van der Waals surface area (Å²) < 4.78 is 0.920. The molecule has 18 heavy (non-hydrogen) atoms. The van der Waals surface area contributed by atoms with Crippen molar-refractivity contribution in [3.05, 3.63) is 57.4 Å². The zero-order valence-corrected chi connectivity index (χ0v) is 12.2. The van der Waals surface area contributed by atoms with Gasteiger partial charge in [-0.05, 0) is 0 Å². The molecule has 0 aliphatic rings. The van der Waals surface area contributed by atoms with Gasteiger partial charge in [0.25, 0.3) is 0 Å². The fourth-order valence-electron chi connectivity index (χ4n) is 1.56. The third-order valence-electron chi connectivity index (χ3n) is 2.60. The first kappa shape index (κ1) is 12.9. The zero-order chi connectivity index (χ0) is 13.0. The Kier molecular flexibility index (Phi) is 4.19. The van der Waals surface area contributed by atoms with E-state index in [9.17, 15) is 4.79 Å². The van der Waals surface area contributed by atoms with E-state index in [0.717, 1.165) is 15.7 Å². The maximum atomic E-state index is 11.8. The minimum atomic E-state index is 0.122. The van der Waals surface area contributed by atoms with E-state index in [4.69, 9.17) is 0 Å². The Bertz CT molecular complexity index is 538. The van der Waals surface area contributed by atoms with Crippen molar-refractivity contribution >= 4 is 32.1 Å². The first-order chi connectivity index (χ1) is 8.66. The maximum absolute atomic E-state index is 11.8. The molecule has 0 aliphatic heterocycles. The number of anilines is 1. The second-order valence-corrected chi connectivity index (χ2v) is 6.15. The van der Waals surface area contributed by atoms with Gasteiger partial charge in [0.1, 0.15) is 0 Å². The molecule has 3 heteroatoms. The molecule has 0 unspecified atom stereocenters. The molecule has 0 N–H and O–H groups in total.